The predicted octanol–water partition coefficient (Wildman–Crippen LogP) is 4.27. The Morgan fingerprint density at radius 1 is 1.09 bits per heavy atom. The molecule has 1 fully saturated rings. The highest BCUT2D eigenvalue weighted by atomic mass is 16.5. The number of aromatic nitrogens is 3. The summed E-state index contributed by atoms with van der Waals surface area (Å²) in [5.74, 6) is 2.24. The molecule has 32 heavy (non-hydrogen) atoms. The Morgan fingerprint density at radius 2 is 1.97 bits per heavy atom. The van der Waals surface area contributed by atoms with Gasteiger partial charge < -0.3 is 14.7 Å². The topological polar surface area (TPSA) is 74.0 Å². The highest BCUT2D eigenvalue weighted by Gasteiger charge is 2.29. The minimum atomic E-state index is 0.0346. The summed E-state index contributed by atoms with van der Waals surface area (Å²) in [4.78, 5) is 26.2. The maximum Gasteiger partial charge on any atom is 0.255 e. The first kappa shape index (κ1) is 19.3. The molecule has 0 unspecified atom stereocenters. The van der Waals surface area contributed by atoms with Crippen LogP contribution in [0.15, 0.2) is 59.5 Å². The predicted molar refractivity (Wildman–Crippen MR) is 124 cm³/mol. The average molecular weight is 427 g/mol. The third-order valence-corrected chi connectivity index (χ3v) is 6.51. The Hall–Kier alpha value is -3.38. The van der Waals surface area contributed by atoms with Crippen molar-refractivity contribution in [1.82, 2.24) is 19.9 Å². The molecule has 1 aliphatic heterocycles. The van der Waals surface area contributed by atoms with Gasteiger partial charge in [-0.25, -0.2) is 4.98 Å². The van der Waals surface area contributed by atoms with Gasteiger partial charge in [0.25, 0.3) is 5.56 Å². The molecule has 0 atom stereocenters. The zero-order chi connectivity index (χ0) is 21.5. The van der Waals surface area contributed by atoms with Crippen LogP contribution in [0, 0.1) is 0 Å². The molecule has 2 aromatic heterocycles. The number of benzene rings is 2. The highest BCUT2D eigenvalue weighted by molar-refractivity contribution is 5.89. The van der Waals surface area contributed by atoms with Gasteiger partial charge in [-0.15, -0.1) is 0 Å². The van der Waals surface area contributed by atoms with Gasteiger partial charge in [-0.2, -0.15) is 0 Å². The monoisotopic (exact) mass is 426 g/mol. The van der Waals surface area contributed by atoms with Crippen molar-refractivity contribution in [2.45, 2.75) is 44.9 Å². The van der Waals surface area contributed by atoms with Crippen LogP contribution in [0.4, 0.5) is 0 Å². The normalized spacial score (nSPS) is 16.2. The van der Waals surface area contributed by atoms with E-state index in [1.165, 1.54) is 5.56 Å². The van der Waals surface area contributed by atoms with Crippen LogP contribution in [0.5, 0.6) is 5.75 Å². The van der Waals surface area contributed by atoms with E-state index in [1.54, 1.807) is 0 Å². The first-order valence-electron chi connectivity index (χ1n) is 11.3. The molecule has 1 saturated carbocycles. The van der Waals surface area contributed by atoms with E-state index in [0.29, 0.717) is 19.1 Å². The van der Waals surface area contributed by atoms with Gasteiger partial charge in [-0.3, -0.25) is 9.69 Å². The van der Waals surface area contributed by atoms with Crippen LogP contribution in [-0.2, 0) is 26.1 Å². The molecule has 162 valence electrons. The van der Waals surface area contributed by atoms with Gasteiger partial charge in [0.2, 0.25) is 0 Å². The molecule has 0 radical (unpaired) electrons. The van der Waals surface area contributed by atoms with Crippen LogP contribution in [0.1, 0.15) is 47.0 Å². The number of aromatic amines is 2. The van der Waals surface area contributed by atoms with Gasteiger partial charge in [0.1, 0.15) is 18.2 Å². The van der Waals surface area contributed by atoms with Crippen molar-refractivity contribution in [1.29, 1.82) is 0 Å². The molecule has 2 aromatic carbocycles. The highest BCUT2D eigenvalue weighted by Crippen LogP contribution is 2.38. The van der Waals surface area contributed by atoms with Gasteiger partial charge in [-0.1, -0.05) is 36.4 Å². The quantitative estimate of drug-likeness (QED) is 0.483. The van der Waals surface area contributed by atoms with Gasteiger partial charge in [-0.05, 0) is 36.1 Å². The van der Waals surface area contributed by atoms with E-state index in [1.807, 2.05) is 30.3 Å². The number of nitrogens with zero attached hydrogens (tertiary/aromatic N) is 2. The second-order valence-electron chi connectivity index (χ2n) is 8.88. The number of hydrogen-bond acceptors (Lipinski definition) is 4. The summed E-state index contributed by atoms with van der Waals surface area (Å²) in [5.41, 5.74) is 5.24. The van der Waals surface area contributed by atoms with E-state index in [0.717, 1.165) is 71.6 Å². The van der Waals surface area contributed by atoms with Crippen LogP contribution >= 0.6 is 0 Å². The lowest BCUT2D eigenvalue weighted by molar-refractivity contribution is 0.242. The van der Waals surface area contributed by atoms with Crippen molar-refractivity contribution in [3.8, 4) is 5.75 Å². The number of rotatable bonds is 6. The second kappa shape index (κ2) is 7.95. The van der Waals surface area contributed by atoms with E-state index >= 15 is 0 Å². The standard InChI is InChI=1S/C26H26N4O2/c31-26-20-15-30(12-11-21(20)28-25(29-26)18-9-10-18)14-19-13-27-22-7-4-8-23(24(19)22)32-16-17-5-2-1-3-6-17/h1-8,13,18,27H,9-12,14-16H2,(H,28,29,31). The van der Waals surface area contributed by atoms with Crippen LogP contribution in [0.3, 0.4) is 0 Å². The van der Waals surface area contributed by atoms with Crippen molar-refractivity contribution >= 4 is 10.9 Å². The zero-order valence-electron chi connectivity index (χ0n) is 17.9. The van der Waals surface area contributed by atoms with Crippen molar-refractivity contribution in [2.75, 3.05) is 6.54 Å². The molecule has 1 aliphatic carbocycles. The maximum absolute atomic E-state index is 12.7. The van der Waals surface area contributed by atoms with Crippen LogP contribution in [-0.4, -0.2) is 26.4 Å². The summed E-state index contributed by atoms with van der Waals surface area (Å²) >= 11 is 0. The zero-order valence-corrected chi connectivity index (χ0v) is 17.9. The molecule has 0 amide bonds. The van der Waals surface area contributed by atoms with E-state index in [9.17, 15) is 4.79 Å². The molecular weight excluding hydrogens is 400 g/mol. The molecule has 0 spiro atoms. The molecule has 6 nitrogen and oxygen atoms in total. The smallest absolute Gasteiger partial charge is 0.255 e. The van der Waals surface area contributed by atoms with Crippen molar-refractivity contribution < 1.29 is 4.74 Å². The van der Waals surface area contributed by atoms with Crippen LogP contribution in [0.2, 0.25) is 0 Å². The number of hydrogen-bond donors (Lipinski definition) is 2. The fourth-order valence-corrected chi connectivity index (χ4v) is 4.63. The Labute approximate surface area is 186 Å². The molecule has 0 saturated heterocycles. The summed E-state index contributed by atoms with van der Waals surface area (Å²) in [5, 5.41) is 1.12. The average Bonchev–Trinajstić information content (AvgIpc) is 3.60. The summed E-state index contributed by atoms with van der Waals surface area (Å²) in [6.07, 6.45) is 5.17. The Balaban J connectivity index is 1.23. The van der Waals surface area contributed by atoms with E-state index < -0.39 is 0 Å². The third kappa shape index (κ3) is 3.71. The summed E-state index contributed by atoms with van der Waals surface area (Å²) < 4.78 is 6.21. The van der Waals surface area contributed by atoms with E-state index in [2.05, 4.69) is 39.3 Å². The second-order valence-corrected chi connectivity index (χ2v) is 8.88. The van der Waals surface area contributed by atoms with Crippen molar-refractivity contribution in [3.05, 3.63) is 93.3 Å². The largest absolute Gasteiger partial charge is 0.488 e. The molecule has 2 N–H and O–H groups in total. The van der Waals surface area contributed by atoms with Gasteiger partial charge in [0, 0.05) is 49.1 Å². The molecule has 3 heterocycles. The molecule has 2 aliphatic rings. The van der Waals surface area contributed by atoms with Crippen molar-refractivity contribution in [3.63, 3.8) is 0 Å². The third-order valence-electron chi connectivity index (χ3n) is 6.51. The molecule has 0 bridgehead atoms. The SMILES string of the molecule is O=c1[nH]c(C2CC2)nc2c1CN(Cc1c[nH]c3cccc(OCc4ccccc4)c13)CC2. The fourth-order valence-electron chi connectivity index (χ4n) is 4.63. The van der Waals surface area contributed by atoms with E-state index in [4.69, 9.17) is 9.72 Å². The lowest BCUT2D eigenvalue weighted by Crippen LogP contribution is -2.35. The molecule has 6 heteroatoms. The molecular formula is C26H26N4O2. The van der Waals surface area contributed by atoms with Gasteiger partial charge >= 0.3 is 0 Å². The Kier molecular flexibility index (Phi) is 4.80. The molecule has 4 aromatic rings. The van der Waals surface area contributed by atoms with Crippen LogP contribution in [0.25, 0.3) is 10.9 Å². The Morgan fingerprint density at radius 3 is 2.81 bits per heavy atom. The van der Waals surface area contributed by atoms with Gasteiger partial charge in [0.05, 0.1) is 11.3 Å². The lowest BCUT2D eigenvalue weighted by Gasteiger charge is -2.27. The number of ether oxygens (including phenoxy) is 1. The van der Waals surface area contributed by atoms with Crippen LogP contribution < -0.4 is 10.3 Å². The minimum Gasteiger partial charge on any atom is -0.488 e. The van der Waals surface area contributed by atoms with Gasteiger partial charge in [0.15, 0.2) is 0 Å². The number of H-pyrrole nitrogens is 2. The number of nitrogens with one attached hydrogen (secondary N) is 2. The fraction of sp³-hybridized carbons (Fsp3) is 0.308. The van der Waals surface area contributed by atoms with Crippen molar-refractivity contribution in [2.24, 2.45) is 0 Å². The summed E-state index contributed by atoms with van der Waals surface area (Å²) in [6, 6.07) is 16.3. The number of fused-ring (bicyclic) bond motifs is 2. The lowest BCUT2D eigenvalue weighted by atomic mass is 10.1. The molecule has 6 rings (SSSR count). The first-order valence-corrected chi connectivity index (χ1v) is 11.3. The summed E-state index contributed by atoms with van der Waals surface area (Å²) in [7, 11) is 0. The maximum atomic E-state index is 12.7. The Bertz CT molecular complexity index is 1320. The first-order chi connectivity index (χ1) is 15.7. The minimum absolute atomic E-state index is 0.0346. The van der Waals surface area contributed by atoms with E-state index in [-0.39, 0.29) is 5.56 Å². The summed E-state index contributed by atoms with van der Waals surface area (Å²) in [6.45, 7) is 2.82.